The first-order chi connectivity index (χ1) is 10.4. The van der Waals surface area contributed by atoms with Gasteiger partial charge in [0.2, 0.25) is 0 Å². The lowest BCUT2D eigenvalue weighted by Gasteiger charge is -2.61. The SMILES string of the molecule is C=N[C@@]12CC[C@@H]3CC(C)(C)CC4=C3[C@H]1[C@@H](CC[C@H]2C)[C@H](C)C4. The molecule has 1 nitrogen and oxygen atoms in total. The molecule has 0 spiro atoms. The summed E-state index contributed by atoms with van der Waals surface area (Å²) in [6.45, 7) is 14.1. The Hall–Kier alpha value is -0.590. The van der Waals surface area contributed by atoms with Crippen LogP contribution >= 0.6 is 0 Å². The first kappa shape index (κ1) is 15.0. The molecule has 4 aliphatic rings. The molecule has 0 radical (unpaired) electrons. The molecule has 0 aromatic carbocycles. The fourth-order valence-electron chi connectivity index (χ4n) is 7.07. The smallest absolute Gasteiger partial charge is 0.0694 e. The Morgan fingerprint density at radius 1 is 1.14 bits per heavy atom. The van der Waals surface area contributed by atoms with Crippen LogP contribution in [-0.2, 0) is 0 Å². The van der Waals surface area contributed by atoms with Crippen molar-refractivity contribution in [3.63, 3.8) is 0 Å². The van der Waals surface area contributed by atoms with Crippen LogP contribution in [0.15, 0.2) is 16.1 Å². The molecule has 2 fully saturated rings. The zero-order chi connectivity index (χ0) is 15.7. The molecule has 6 atom stereocenters. The molecule has 0 saturated heterocycles. The van der Waals surface area contributed by atoms with Gasteiger partial charge in [0.1, 0.15) is 0 Å². The lowest BCUT2D eigenvalue weighted by atomic mass is 9.45. The lowest BCUT2D eigenvalue weighted by molar-refractivity contribution is 0.00325. The summed E-state index contributed by atoms with van der Waals surface area (Å²) in [7, 11) is 0. The van der Waals surface area contributed by atoms with Crippen LogP contribution in [0.5, 0.6) is 0 Å². The van der Waals surface area contributed by atoms with Crippen LogP contribution in [0.25, 0.3) is 0 Å². The minimum Gasteiger partial charge on any atom is -0.293 e. The van der Waals surface area contributed by atoms with Crippen molar-refractivity contribution in [3.8, 4) is 0 Å². The fraction of sp³-hybridized carbons (Fsp3) is 0.857. The molecule has 0 aromatic rings. The Balaban J connectivity index is 1.87. The summed E-state index contributed by atoms with van der Waals surface area (Å²) in [4.78, 5) is 4.88. The molecule has 0 aliphatic heterocycles. The number of rotatable bonds is 1. The highest BCUT2D eigenvalue weighted by atomic mass is 14.9. The summed E-state index contributed by atoms with van der Waals surface area (Å²) >= 11 is 0. The zero-order valence-electron chi connectivity index (χ0n) is 15.0. The van der Waals surface area contributed by atoms with Crippen LogP contribution in [0.3, 0.4) is 0 Å². The van der Waals surface area contributed by atoms with Crippen molar-refractivity contribution < 1.29 is 0 Å². The van der Waals surface area contributed by atoms with Gasteiger partial charge in [0.05, 0.1) is 5.54 Å². The van der Waals surface area contributed by atoms with Crippen molar-refractivity contribution in [1.82, 2.24) is 0 Å². The third kappa shape index (κ3) is 1.86. The van der Waals surface area contributed by atoms with Gasteiger partial charge in [0.25, 0.3) is 0 Å². The average Bonchev–Trinajstić information content (AvgIpc) is 2.45. The number of allylic oxidation sites excluding steroid dienone is 1. The first-order valence-electron chi connectivity index (χ1n) is 9.57. The van der Waals surface area contributed by atoms with Gasteiger partial charge in [0, 0.05) is 5.92 Å². The monoisotopic (exact) mass is 299 g/mol. The summed E-state index contributed by atoms with van der Waals surface area (Å²) in [5, 5.41) is 0. The minimum atomic E-state index is 0.177. The van der Waals surface area contributed by atoms with Crippen molar-refractivity contribution in [2.75, 3.05) is 0 Å². The van der Waals surface area contributed by atoms with Crippen molar-refractivity contribution in [2.45, 2.75) is 78.2 Å². The summed E-state index contributed by atoms with van der Waals surface area (Å²) in [5.74, 6) is 4.05. The number of nitrogens with zero attached hydrogens (tertiary/aromatic N) is 1. The summed E-state index contributed by atoms with van der Waals surface area (Å²) < 4.78 is 0. The average molecular weight is 300 g/mol. The Labute approximate surface area is 136 Å². The number of hydrogen-bond donors (Lipinski definition) is 0. The van der Waals surface area contributed by atoms with Crippen LogP contribution in [0.1, 0.15) is 72.6 Å². The second kappa shape index (κ2) is 4.71. The van der Waals surface area contributed by atoms with Gasteiger partial charge in [-0.25, -0.2) is 0 Å². The molecule has 1 heteroatoms. The fourth-order valence-corrected chi connectivity index (χ4v) is 7.07. The molecule has 2 saturated carbocycles. The summed E-state index contributed by atoms with van der Waals surface area (Å²) in [6, 6.07) is 0. The van der Waals surface area contributed by atoms with Gasteiger partial charge >= 0.3 is 0 Å². The summed E-state index contributed by atoms with van der Waals surface area (Å²) in [6.07, 6.45) is 9.57. The molecule has 0 bridgehead atoms. The number of hydrogen-bond acceptors (Lipinski definition) is 1. The van der Waals surface area contributed by atoms with Crippen LogP contribution < -0.4 is 0 Å². The van der Waals surface area contributed by atoms with Gasteiger partial charge in [0.15, 0.2) is 0 Å². The molecular formula is C21H33N. The third-order valence-corrected chi connectivity index (χ3v) is 7.91. The Morgan fingerprint density at radius 2 is 1.91 bits per heavy atom. The maximum Gasteiger partial charge on any atom is 0.0694 e. The summed E-state index contributed by atoms with van der Waals surface area (Å²) in [5.41, 5.74) is 4.43. The highest BCUT2D eigenvalue weighted by Gasteiger charge is 2.58. The van der Waals surface area contributed by atoms with E-state index >= 15 is 0 Å². The predicted octanol–water partition coefficient (Wildman–Crippen LogP) is 5.65. The van der Waals surface area contributed by atoms with Crippen molar-refractivity contribution in [3.05, 3.63) is 11.1 Å². The second-order valence-corrected chi connectivity index (χ2v) is 9.79. The lowest BCUT2D eigenvalue weighted by Crippen LogP contribution is -2.57. The maximum atomic E-state index is 4.88. The Morgan fingerprint density at radius 3 is 2.64 bits per heavy atom. The van der Waals surface area contributed by atoms with Crippen molar-refractivity contribution in [2.24, 2.45) is 40.0 Å². The van der Waals surface area contributed by atoms with E-state index in [4.69, 9.17) is 4.99 Å². The van der Waals surface area contributed by atoms with Crippen molar-refractivity contribution >= 4 is 6.72 Å². The van der Waals surface area contributed by atoms with E-state index in [0.29, 0.717) is 5.41 Å². The normalized spacial score (nSPS) is 49.5. The Kier molecular flexibility index (Phi) is 3.20. The van der Waals surface area contributed by atoms with E-state index in [-0.39, 0.29) is 5.54 Å². The molecular weight excluding hydrogens is 266 g/mol. The van der Waals surface area contributed by atoms with E-state index in [1.165, 1.54) is 44.9 Å². The van der Waals surface area contributed by atoms with E-state index in [1.54, 1.807) is 0 Å². The van der Waals surface area contributed by atoms with Crippen LogP contribution in [-0.4, -0.2) is 12.3 Å². The van der Waals surface area contributed by atoms with Crippen LogP contribution in [0.2, 0.25) is 0 Å². The Bertz CT molecular complexity index is 528. The second-order valence-electron chi connectivity index (χ2n) is 9.79. The molecule has 0 unspecified atom stereocenters. The standard InChI is InChI=1S/C21H33N/c1-13-10-16-12-20(3,4)11-15-8-9-21(22-5)14(2)6-7-17(13)19(21)18(15)16/h13-15,17,19H,5-12H2,1-4H3/t13-,14-,15-,17+,19-,21-/m1/s1. The zero-order valence-corrected chi connectivity index (χ0v) is 15.0. The predicted molar refractivity (Wildman–Crippen MR) is 94.2 cm³/mol. The quantitative estimate of drug-likeness (QED) is 0.438. The van der Waals surface area contributed by atoms with Crippen LogP contribution in [0.4, 0.5) is 0 Å². The van der Waals surface area contributed by atoms with Gasteiger partial charge in [-0.1, -0.05) is 38.8 Å². The van der Waals surface area contributed by atoms with E-state index in [9.17, 15) is 0 Å². The van der Waals surface area contributed by atoms with E-state index in [0.717, 1.165) is 29.6 Å². The van der Waals surface area contributed by atoms with Crippen molar-refractivity contribution in [1.29, 1.82) is 0 Å². The van der Waals surface area contributed by atoms with E-state index in [1.807, 2.05) is 11.1 Å². The maximum absolute atomic E-state index is 4.88. The molecule has 4 rings (SSSR count). The highest BCUT2D eigenvalue weighted by molar-refractivity contribution is 5.38. The minimum absolute atomic E-state index is 0.177. The largest absolute Gasteiger partial charge is 0.293 e. The molecule has 4 aliphatic carbocycles. The molecule has 0 aromatic heterocycles. The molecule has 0 N–H and O–H groups in total. The number of aliphatic imine (C=N–C) groups is 1. The van der Waals surface area contributed by atoms with Gasteiger partial charge < -0.3 is 0 Å². The topological polar surface area (TPSA) is 12.4 Å². The van der Waals surface area contributed by atoms with Gasteiger partial charge in [-0.3, -0.25) is 4.99 Å². The van der Waals surface area contributed by atoms with Gasteiger partial charge in [-0.2, -0.15) is 0 Å². The molecule has 0 heterocycles. The highest BCUT2D eigenvalue weighted by Crippen LogP contribution is 2.64. The molecule has 122 valence electrons. The first-order valence-corrected chi connectivity index (χ1v) is 9.57. The van der Waals surface area contributed by atoms with E-state index < -0.39 is 0 Å². The molecule has 22 heavy (non-hydrogen) atoms. The van der Waals surface area contributed by atoms with E-state index in [2.05, 4.69) is 34.4 Å². The molecule has 0 amide bonds. The van der Waals surface area contributed by atoms with Crippen LogP contribution in [0, 0.1) is 35.0 Å². The third-order valence-electron chi connectivity index (χ3n) is 7.91. The van der Waals surface area contributed by atoms with Gasteiger partial charge in [-0.15, -0.1) is 0 Å². The van der Waals surface area contributed by atoms with Gasteiger partial charge in [-0.05, 0) is 80.7 Å².